The monoisotopic (exact) mass is 339 g/mol. The van der Waals surface area contributed by atoms with Gasteiger partial charge in [-0.2, -0.15) is 0 Å². The third-order valence-electron chi connectivity index (χ3n) is 5.86. The van der Waals surface area contributed by atoms with Gasteiger partial charge in [-0.3, -0.25) is 9.69 Å². The summed E-state index contributed by atoms with van der Waals surface area (Å²) in [5.41, 5.74) is 0.251. The third-order valence-corrected chi connectivity index (χ3v) is 7.30. The lowest BCUT2D eigenvalue weighted by molar-refractivity contribution is -0.117. The van der Waals surface area contributed by atoms with Gasteiger partial charge in [0.1, 0.15) is 10.4 Å². The van der Waals surface area contributed by atoms with Gasteiger partial charge >= 0.3 is 0 Å². The van der Waals surface area contributed by atoms with Gasteiger partial charge in [0.05, 0.1) is 0 Å². The minimum Gasteiger partial charge on any atom is -0.289 e. The highest BCUT2D eigenvalue weighted by molar-refractivity contribution is 7.15. The smallest absolute Gasteiger partial charge is 0.246 e. The van der Waals surface area contributed by atoms with E-state index in [0.717, 1.165) is 22.8 Å². The molecule has 4 aliphatic rings. The first-order chi connectivity index (χ1) is 10.5. The van der Waals surface area contributed by atoms with Crippen LogP contribution in [0.15, 0.2) is 0 Å². The van der Waals surface area contributed by atoms with Gasteiger partial charge in [0.25, 0.3) is 0 Å². The lowest BCUT2D eigenvalue weighted by Crippen LogP contribution is -2.48. The second-order valence-corrected chi connectivity index (χ2v) is 9.21. The average Bonchev–Trinajstić information content (AvgIpc) is 2.94. The zero-order chi connectivity index (χ0) is 15.5. The molecular formula is C16H22ClN3OS. The number of amides is 1. The predicted molar refractivity (Wildman–Crippen MR) is 88.5 cm³/mol. The van der Waals surface area contributed by atoms with Crippen LogP contribution in [0, 0.1) is 17.8 Å². The molecule has 1 amide bonds. The Balaban J connectivity index is 1.60. The number of carbonyl (C=O) groups is 1. The molecular weight excluding hydrogens is 318 g/mol. The van der Waals surface area contributed by atoms with Crippen molar-refractivity contribution in [1.82, 2.24) is 10.2 Å². The summed E-state index contributed by atoms with van der Waals surface area (Å²) in [4.78, 5) is 13.6. The third kappa shape index (κ3) is 2.28. The molecule has 0 saturated heterocycles. The molecule has 22 heavy (non-hydrogen) atoms. The van der Waals surface area contributed by atoms with Crippen molar-refractivity contribution < 1.29 is 4.79 Å². The number of carbonyl (C=O) groups excluding carboxylic acids is 1. The summed E-state index contributed by atoms with van der Waals surface area (Å²) >= 11 is 7.50. The summed E-state index contributed by atoms with van der Waals surface area (Å²) < 4.78 is 0. The van der Waals surface area contributed by atoms with E-state index in [2.05, 4.69) is 10.2 Å². The number of nitrogens with zero attached hydrogens (tertiary/aromatic N) is 3. The van der Waals surface area contributed by atoms with Crippen molar-refractivity contribution in [3.63, 3.8) is 0 Å². The van der Waals surface area contributed by atoms with E-state index in [1.54, 1.807) is 30.2 Å². The Hall–Kier alpha value is -0.680. The van der Waals surface area contributed by atoms with E-state index in [4.69, 9.17) is 11.6 Å². The van der Waals surface area contributed by atoms with E-state index < -0.39 is 5.38 Å². The lowest BCUT2D eigenvalue weighted by Gasteiger charge is -2.55. The zero-order valence-electron chi connectivity index (χ0n) is 13.1. The Morgan fingerprint density at radius 1 is 1.23 bits per heavy atom. The van der Waals surface area contributed by atoms with Crippen molar-refractivity contribution in [3.05, 3.63) is 5.01 Å². The lowest BCUT2D eigenvalue weighted by atomic mass is 9.50. The quantitative estimate of drug-likeness (QED) is 0.790. The number of hydrogen-bond donors (Lipinski definition) is 0. The standard InChI is InChI=1S/C16H22ClN3OS/c1-9(17)13(21)20(2)15-19-18-14(22-15)16-6-10-3-11(7-16)5-12(4-10)8-16/h9-12H,3-8H2,1-2H3/t9-,10?,11?,12?,16?/m1/s1. The maximum absolute atomic E-state index is 12.0. The molecule has 5 rings (SSSR count). The molecule has 0 radical (unpaired) electrons. The number of anilines is 1. The van der Waals surface area contributed by atoms with Crippen LogP contribution in [-0.2, 0) is 10.2 Å². The molecule has 1 atom stereocenters. The minimum atomic E-state index is -0.531. The van der Waals surface area contributed by atoms with Crippen molar-refractivity contribution in [2.75, 3.05) is 11.9 Å². The summed E-state index contributed by atoms with van der Waals surface area (Å²) in [6, 6.07) is 0. The molecule has 1 aromatic rings. The highest BCUT2D eigenvalue weighted by Gasteiger charge is 2.53. The van der Waals surface area contributed by atoms with Crippen LogP contribution in [0.4, 0.5) is 5.13 Å². The van der Waals surface area contributed by atoms with E-state index in [1.165, 1.54) is 38.5 Å². The van der Waals surface area contributed by atoms with Gasteiger partial charge in [-0.15, -0.1) is 21.8 Å². The van der Waals surface area contributed by atoms with Gasteiger partial charge in [-0.25, -0.2) is 0 Å². The number of rotatable bonds is 3. The number of aromatic nitrogens is 2. The molecule has 120 valence electrons. The van der Waals surface area contributed by atoms with Crippen LogP contribution in [0.25, 0.3) is 0 Å². The summed E-state index contributed by atoms with van der Waals surface area (Å²) in [5.74, 6) is 2.55. The molecule has 4 fully saturated rings. The van der Waals surface area contributed by atoms with Crippen LogP contribution in [0.1, 0.15) is 50.5 Å². The molecule has 4 saturated carbocycles. The van der Waals surface area contributed by atoms with Crippen molar-refractivity contribution in [3.8, 4) is 0 Å². The zero-order valence-corrected chi connectivity index (χ0v) is 14.7. The Labute approximate surface area is 140 Å². The van der Waals surface area contributed by atoms with Crippen molar-refractivity contribution in [2.24, 2.45) is 17.8 Å². The topological polar surface area (TPSA) is 46.1 Å². The first-order valence-corrected chi connectivity index (χ1v) is 9.48. The number of hydrogen-bond acceptors (Lipinski definition) is 4. The van der Waals surface area contributed by atoms with Gasteiger partial charge in [-0.05, 0) is 63.2 Å². The molecule has 4 nitrogen and oxygen atoms in total. The fourth-order valence-electron chi connectivity index (χ4n) is 5.30. The second-order valence-electron chi connectivity index (χ2n) is 7.60. The van der Waals surface area contributed by atoms with Crippen LogP contribution in [-0.4, -0.2) is 28.5 Å². The highest BCUT2D eigenvalue weighted by atomic mass is 35.5. The van der Waals surface area contributed by atoms with E-state index in [0.29, 0.717) is 5.13 Å². The van der Waals surface area contributed by atoms with Crippen molar-refractivity contribution in [1.29, 1.82) is 0 Å². The first-order valence-electron chi connectivity index (χ1n) is 8.22. The normalized spacial score (nSPS) is 37.3. The van der Waals surface area contributed by atoms with Crippen LogP contribution >= 0.6 is 22.9 Å². The minimum absolute atomic E-state index is 0.116. The summed E-state index contributed by atoms with van der Waals surface area (Å²) in [7, 11) is 1.74. The fourth-order valence-corrected chi connectivity index (χ4v) is 6.48. The molecule has 4 bridgehead atoms. The van der Waals surface area contributed by atoms with Crippen LogP contribution in [0.3, 0.4) is 0 Å². The maximum Gasteiger partial charge on any atom is 0.246 e. The maximum atomic E-state index is 12.0. The molecule has 0 unspecified atom stereocenters. The predicted octanol–water partition coefficient (Wildman–Crippen LogP) is 3.60. The summed E-state index contributed by atoms with van der Waals surface area (Å²) in [5, 5.41) is 10.1. The molecule has 0 N–H and O–H groups in total. The average molecular weight is 340 g/mol. The Kier molecular flexibility index (Phi) is 3.49. The van der Waals surface area contributed by atoms with Gasteiger partial charge in [0.2, 0.25) is 11.0 Å². The van der Waals surface area contributed by atoms with Crippen LogP contribution < -0.4 is 4.90 Å². The Bertz CT molecular complexity index is 565. The SMILES string of the molecule is C[C@@H](Cl)C(=O)N(C)c1nnc(C23CC4CC(CC(C4)C2)C3)s1. The van der Waals surface area contributed by atoms with Crippen LogP contribution in [0.2, 0.25) is 0 Å². The summed E-state index contributed by atoms with van der Waals surface area (Å²) in [6.07, 6.45) is 8.10. The van der Waals surface area contributed by atoms with E-state index >= 15 is 0 Å². The van der Waals surface area contributed by atoms with E-state index in [9.17, 15) is 4.79 Å². The van der Waals surface area contributed by atoms with E-state index in [1.807, 2.05) is 0 Å². The molecule has 0 aliphatic heterocycles. The molecule has 0 aromatic carbocycles. The van der Waals surface area contributed by atoms with Crippen molar-refractivity contribution in [2.45, 2.75) is 56.2 Å². The van der Waals surface area contributed by atoms with Gasteiger partial charge < -0.3 is 0 Å². The fraction of sp³-hybridized carbons (Fsp3) is 0.812. The largest absolute Gasteiger partial charge is 0.289 e. The Morgan fingerprint density at radius 2 is 1.77 bits per heavy atom. The molecule has 4 aliphatic carbocycles. The van der Waals surface area contributed by atoms with Gasteiger partial charge in [-0.1, -0.05) is 11.3 Å². The first kappa shape index (κ1) is 14.9. The van der Waals surface area contributed by atoms with Crippen LogP contribution in [0.5, 0.6) is 0 Å². The molecule has 0 spiro atoms. The molecule has 1 heterocycles. The summed E-state index contributed by atoms with van der Waals surface area (Å²) in [6.45, 7) is 1.70. The van der Waals surface area contributed by atoms with Crippen molar-refractivity contribution >= 4 is 34.0 Å². The molecule has 1 aromatic heterocycles. The van der Waals surface area contributed by atoms with Gasteiger partial charge in [0, 0.05) is 12.5 Å². The second kappa shape index (κ2) is 5.17. The molecule has 6 heteroatoms. The number of alkyl halides is 1. The number of halogens is 1. The highest BCUT2D eigenvalue weighted by Crippen LogP contribution is 2.61. The van der Waals surface area contributed by atoms with E-state index in [-0.39, 0.29) is 11.3 Å². The Morgan fingerprint density at radius 3 is 2.27 bits per heavy atom. The van der Waals surface area contributed by atoms with Gasteiger partial charge in [0.15, 0.2) is 0 Å².